The Labute approximate surface area is 180 Å². The number of piperidine rings is 1. The van der Waals surface area contributed by atoms with Crippen molar-refractivity contribution >= 4 is 23.5 Å². The van der Waals surface area contributed by atoms with Gasteiger partial charge < -0.3 is 25.7 Å². The second kappa shape index (κ2) is 9.92. The van der Waals surface area contributed by atoms with E-state index in [2.05, 4.69) is 15.6 Å². The van der Waals surface area contributed by atoms with E-state index in [1.165, 1.54) is 12.3 Å². The predicted octanol–water partition coefficient (Wildman–Crippen LogP) is 1.73. The summed E-state index contributed by atoms with van der Waals surface area (Å²) in [6, 6.07) is 9.36. The first-order valence-corrected chi connectivity index (χ1v) is 10.1. The van der Waals surface area contributed by atoms with Gasteiger partial charge in [0.2, 0.25) is 5.91 Å². The lowest BCUT2D eigenvalue weighted by Gasteiger charge is -2.32. The van der Waals surface area contributed by atoms with E-state index in [1.54, 1.807) is 0 Å². The molecule has 9 heteroatoms. The van der Waals surface area contributed by atoms with Crippen molar-refractivity contribution < 1.29 is 24.6 Å². The number of carboxylic acid groups (broad SMARTS) is 1. The summed E-state index contributed by atoms with van der Waals surface area (Å²) in [6.07, 6.45) is 2.97. The van der Waals surface area contributed by atoms with Crippen molar-refractivity contribution in [1.82, 2.24) is 15.2 Å². The topological polar surface area (TPSA) is 132 Å². The zero-order valence-corrected chi connectivity index (χ0v) is 17.3. The molecular weight excluding hydrogens is 400 g/mol. The van der Waals surface area contributed by atoms with Crippen LogP contribution in [-0.2, 0) is 9.59 Å². The molecule has 4 N–H and O–H groups in total. The van der Waals surface area contributed by atoms with E-state index in [4.69, 9.17) is 5.11 Å². The van der Waals surface area contributed by atoms with Crippen LogP contribution < -0.4 is 10.6 Å². The van der Waals surface area contributed by atoms with Crippen molar-refractivity contribution in [2.24, 2.45) is 0 Å². The van der Waals surface area contributed by atoms with Crippen LogP contribution in [0, 0.1) is 6.92 Å². The minimum Gasteiger partial charge on any atom is -0.505 e. The van der Waals surface area contributed by atoms with Crippen molar-refractivity contribution in [3.63, 3.8) is 0 Å². The van der Waals surface area contributed by atoms with Gasteiger partial charge in [-0.05, 0) is 49.4 Å². The Balaban J connectivity index is 1.51. The van der Waals surface area contributed by atoms with Crippen LogP contribution in [0.4, 0.5) is 5.69 Å². The zero-order valence-electron chi connectivity index (χ0n) is 17.3. The van der Waals surface area contributed by atoms with E-state index in [9.17, 15) is 19.5 Å². The number of aromatic nitrogens is 1. The number of carbonyl (C=O) groups is 3. The average Bonchev–Trinajstić information content (AvgIpc) is 2.77. The van der Waals surface area contributed by atoms with Gasteiger partial charge in [-0.2, -0.15) is 0 Å². The molecule has 2 aromatic rings. The number of amides is 2. The van der Waals surface area contributed by atoms with Crippen LogP contribution in [0.2, 0.25) is 0 Å². The Hall–Kier alpha value is -3.62. The van der Waals surface area contributed by atoms with Gasteiger partial charge in [0, 0.05) is 25.0 Å². The molecule has 31 heavy (non-hydrogen) atoms. The fourth-order valence-corrected chi connectivity index (χ4v) is 3.53. The van der Waals surface area contributed by atoms with Crippen LogP contribution in [0.1, 0.15) is 40.4 Å². The summed E-state index contributed by atoms with van der Waals surface area (Å²) in [5.74, 6) is -2.07. The molecule has 1 fully saturated rings. The number of pyridine rings is 1. The van der Waals surface area contributed by atoms with Crippen LogP contribution >= 0.6 is 0 Å². The van der Waals surface area contributed by atoms with Gasteiger partial charge in [0.05, 0.1) is 6.54 Å². The maximum atomic E-state index is 12.5. The third kappa shape index (κ3) is 5.94. The van der Waals surface area contributed by atoms with Gasteiger partial charge in [-0.3, -0.25) is 14.4 Å². The first-order valence-electron chi connectivity index (χ1n) is 10.1. The predicted molar refractivity (Wildman–Crippen MR) is 114 cm³/mol. The number of aromatic hydroxyl groups is 1. The van der Waals surface area contributed by atoms with Crippen molar-refractivity contribution in [3.05, 3.63) is 53.3 Å². The molecule has 3 rings (SSSR count). The van der Waals surface area contributed by atoms with E-state index in [0.29, 0.717) is 13.1 Å². The molecule has 1 aliphatic heterocycles. The van der Waals surface area contributed by atoms with Gasteiger partial charge >= 0.3 is 5.97 Å². The molecule has 0 saturated carbocycles. The number of carboxylic acids is 1. The van der Waals surface area contributed by atoms with Crippen molar-refractivity contribution in [3.8, 4) is 5.75 Å². The number of hydrogen-bond acceptors (Lipinski definition) is 6. The fraction of sp³-hybridized carbons (Fsp3) is 0.364. The van der Waals surface area contributed by atoms with Crippen LogP contribution in [-0.4, -0.2) is 64.1 Å². The molecule has 1 aromatic carbocycles. The SMILES string of the molecule is Cc1ccc(NCC(=O)N2CCC(c3cnc(C(=O)NCC(=O)O)c(O)c3)CC2)cc1. The number of hydrogen-bond donors (Lipinski definition) is 4. The van der Waals surface area contributed by atoms with Gasteiger partial charge in [-0.25, -0.2) is 4.98 Å². The molecule has 1 aromatic heterocycles. The zero-order chi connectivity index (χ0) is 22.4. The van der Waals surface area contributed by atoms with Crippen molar-refractivity contribution in [2.75, 3.05) is 31.5 Å². The van der Waals surface area contributed by atoms with E-state index in [0.717, 1.165) is 29.7 Å². The number of anilines is 1. The van der Waals surface area contributed by atoms with E-state index in [1.807, 2.05) is 36.1 Å². The Morgan fingerprint density at radius 1 is 1.13 bits per heavy atom. The average molecular weight is 426 g/mol. The van der Waals surface area contributed by atoms with Gasteiger partial charge in [-0.1, -0.05) is 17.7 Å². The summed E-state index contributed by atoms with van der Waals surface area (Å²) >= 11 is 0. The lowest BCUT2D eigenvalue weighted by Crippen LogP contribution is -2.41. The number of nitrogens with one attached hydrogen (secondary N) is 2. The fourth-order valence-electron chi connectivity index (χ4n) is 3.53. The lowest BCUT2D eigenvalue weighted by molar-refractivity contribution is -0.135. The maximum absolute atomic E-state index is 12.5. The van der Waals surface area contributed by atoms with E-state index < -0.39 is 18.4 Å². The highest BCUT2D eigenvalue weighted by molar-refractivity contribution is 5.96. The van der Waals surface area contributed by atoms with Crippen molar-refractivity contribution in [2.45, 2.75) is 25.7 Å². The highest BCUT2D eigenvalue weighted by Crippen LogP contribution is 2.30. The number of nitrogens with zero attached hydrogens (tertiary/aromatic N) is 2. The number of aliphatic carboxylic acids is 1. The quantitative estimate of drug-likeness (QED) is 0.530. The van der Waals surface area contributed by atoms with Crippen LogP contribution in [0.25, 0.3) is 0 Å². The molecule has 2 heterocycles. The van der Waals surface area contributed by atoms with Gasteiger partial charge in [-0.15, -0.1) is 0 Å². The standard InChI is InChI=1S/C22H26N4O5/c1-14-2-4-17(5-3-14)23-12-19(28)26-8-6-15(7-9-26)16-10-18(27)21(24-11-16)22(31)25-13-20(29)30/h2-5,10-11,15,23,27H,6-9,12-13H2,1H3,(H,25,31)(H,29,30). The Bertz CT molecular complexity index is 953. The van der Waals surface area contributed by atoms with E-state index >= 15 is 0 Å². The lowest BCUT2D eigenvalue weighted by atomic mass is 9.90. The smallest absolute Gasteiger partial charge is 0.322 e. The number of aryl methyl sites for hydroxylation is 1. The number of benzene rings is 1. The molecule has 1 aliphatic rings. The first kappa shape index (κ1) is 22.1. The van der Waals surface area contributed by atoms with Crippen LogP contribution in [0.3, 0.4) is 0 Å². The van der Waals surface area contributed by atoms with Gasteiger partial charge in [0.15, 0.2) is 5.69 Å². The second-order valence-electron chi connectivity index (χ2n) is 7.59. The molecule has 0 aliphatic carbocycles. The van der Waals surface area contributed by atoms with Crippen molar-refractivity contribution in [1.29, 1.82) is 0 Å². The van der Waals surface area contributed by atoms with Gasteiger partial charge in [0.1, 0.15) is 12.3 Å². The number of rotatable bonds is 7. The molecule has 0 unspecified atom stereocenters. The maximum Gasteiger partial charge on any atom is 0.322 e. The minimum absolute atomic E-state index is 0.0328. The highest BCUT2D eigenvalue weighted by Gasteiger charge is 2.25. The minimum atomic E-state index is -1.18. The molecule has 0 atom stereocenters. The number of carbonyl (C=O) groups excluding carboxylic acids is 2. The monoisotopic (exact) mass is 426 g/mol. The highest BCUT2D eigenvalue weighted by atomic mass is 16.4. The summed E-state index contributed by atoms with van der Waals surface area (Å²) in [7, 11) is 0. The Morgan fingerprint density at radius 3 is 2.42 bits per heavy atom. The molecule has 0 spiro atoms. The molecular formula is C22H26N4O5. The van der Waals surface area contributed by atoms with Crippen LogP contribution in [0.15, 0.2) is 36.5 Å². The number of likely N-dealkylation sites (tertiary alicyclic amines) is 1. The molecule has 0 bridgehead atoms. The molecule has 2 amide bonds. The summed E-state index contributed by atoms with van der Waals surface area (Å²) in [4.78, 5) is 40.8. The molecule has 9 nitrogen and oxygen atoms in total. The molecule has 164 valence electrons. The Kier molecular flexibility index (Phi) is 7.07. The molecule has 0 radical (unpaired) electrons. The summed E-state index contributed by atoms with van der Waals surface area (Å²) in [6.45, 7) is 2.89. The third-order valence-electron chi connectivity index (χ3n) is 5.32. The normalized spacial score (nSPS) is 14.2. The summed E-state index contributed by atoms with van der Waals surface area (Å²) < 4.78 is 0. The summed E-state index contributed by atoms with van der Waals surface area (Å²) in [5, 5.41) is 24.1. The molecule has 1 saturated heterocycles. The Morgan fingerprint density at radius 2 is 1.81 bits per heavy atom. The summed E-state index contributed by atoms with van der Waals surface area (Å²) in [5.41, 5.74) is 2.65. The largest absolute Gasteiger partial charge is 0.505 e. The second-order valence-corrected chi connectivity index (χ2v) is 7.59. The third-order valence-corrected chi connectivity index (χ3v) is 5.32. The first-order chi connectivity index (χ1) is 14.8. The van der Waals surface area contributed by atoms with Crippen LogP contribution in [0.5, 0.6) is 5.75 Å². The van der Waals surface area contributed by atoms with Gasteiger partial charge in [0.25, 0.3) is 5.91 Å². The van der Waals surface area contributed by atoms with E-state index in [-0.39, 0.29) is 29.8 Å².